The Balaban J connectivity index is 1.89. The molecule has 3 rings (SSSR count). The predicted molar refractivity (Wildman–Crippen MR) is 83.9 cm³/mol. The zero-order valence-electron chi connectivity index (χ0n) is 12.7. The van der Waals surface area contributed by atoms with Gasteiger partial charge in [-0.05, 0) is 41.8 Å². The van der Waals surface area contributed by atoms with Crippen LogP contribution in [0.3, 0.4) is 0 Å². The summed E-state index contributed by atoms with van der Waals surface area (Å²) in [4.78, 5) is 12.0. The molecule has 22 heavy (non-hydrogen) atoms. The highest BCUT2D eigenvalue weighted by atomic mass is 16.7. The molecule has 0 spiro atoms. The van der Waals surface area contributed by atoms with Gasteiger partial charge < -0.3 is 14.2 Å². The number of hydrogen-bond donors (Lipinski definition) is 0. The number of fused-ring (bicyclic) bond motifs is 1. The molecule has 0 bridgehead atoms. The highest BCUT2D eigenvalue weighted by Gasteiger charge is 2.17. The summed E-state index contributed by atoms with van der Waals surface area (Å²) in [5.74, 6) is -0.275. The molecule has 0 unspecified atom stereocenters. The van der Waals surface area contributed by atoms with Crippen LogP contribution in [0, 0.1) is 0 Å². The van der Waals surface area contributed by atoms with E-state index in [-0.39, 0.29) is 12.3 Å². The van der Waals surface area contributed by atoms with Gasteiger partial charge in [-0.25, -0.2) is 4.79 Å². The van der Waals surface area contributed by atoms with E-state index in [1.165, 1.54) is 0 Å². The highest BCUT2D eigenvalue weighted by molar-refractivity contribution is 5.97. The first kappa shape index (κ1) is 15.0. The minimum atomic E-state index is -0.275. The molecule has 4 heteroatoms. The zero-order valence-corrected chi connectivity index (χ0v) is 12.7. The average molecular weight is 300 g/mol. The molecule has 0 radical (unpaired) electrons. The Morgan fingerprint density at radius 2 is 2.00 bits per heavy atom. The van der Waals surface area contributed by atoms with E-state index in [4.69, 9.17) is 14.2 Å². The zero-order chi connectivity index (χ0) is 15.4. The molecule has 1 aliphatic heterocycles. The van der Waals surface area contributed by atoms with E-state index in [0.717, 1.165) is 29.2 Å². The molecular formula is C18H20O4. The van der Waals surface area contributed by atoms with Crippen LogP contribution in [0.25, 0.3) is 10.8 Å². The maximum absolute atomic E-state index is 12.0. The molecule has 0 N–H and O–H groups in total. The largest absolute Gasteiger partial charge is 0.462 e. The molecule has 0 amide bonds. The summed E-state index contributed by atoms with van der Waals surface area (Å²) in [7, 11) is 0. The Labute approximate surface area is 130 Å². The van der Waals surface area contributed by atoms with Crippen molar-refractivity contribution in [3.05, 3.63) is 47.5 Å². The molecule has 0 aliphatic carbocycles. The third-order valence-electron chi connectivity index (χ3n) is 3.80. The third-order valence-corrected chi connectivity index (χ3v) is 3.80. The fourth-order valence-corrected chi connectivity index (χ4v) is 2.78. The number of carbonyl (C=O) groups is 1. The van der Waals surface area contributed by atoms with Crippen molar-refractivity contribution in [2.24, 2.45) is 0 Å². The Hall–Kier alpha value is -1.91. The fraction of sp³-hybridized carbons (Fsp3) is 0.389. The van der Waals surface area contributed by atoms with Crippen LogP contribution in [-0.2, 0) is 20.6 Å². The number of hydrogen-bond acceptors (Lipinski definition) is 4. The molecular weight excluding hydrogens is 280 g/mol. The lowest BCUT2D eigenvalue weighted by atomic mass is 9.97. The van der Waals surface area contributed by atoms with Crippen molar-refractivity contribution < 1.29 is 19.0 Å². The monoisotopic (exact) mass is 300 g/mol. The van der Waals surface area contributed by atoms with Crippen molar-refractivity contribution in [3.63, 3.8) is 0 Å². The van der Waals surface area contributed by atoms with Gasteiger partial charge in [0, 0.05) is 6.42 Å². The van der Waals surface area contributed by atoms with Gasteiger partial charge in [0.1, 0.15) is 0 Å². The van der Waals surface area contributed by atoms with Crippen LogP contribution in [0.5, 0.6) is 0 Å². The summed E-state index contributed by atoms with van der Waals surface area (Å²) in [5.41, 5.74) is 1.73. The second kappa shape index (κ2) is 6.90. The molecule has 1 heterocycles. The Morgan fingerprint density at radius 3 is 2.77 bits per heavy atom. The van der Waals surface area contributed by atoms with Crippen LogP contribution in [-0.4, -0.2) is 32.1 Å². The molecule has 0 aromatic heterocycles. The SMILES string of the molecule is CCOC(=O)c1cc(CCC2OCCO2)c2ccccc2c1. The lowest BCUT2D eigenvalue weighted by molar-refractivity contribution is -0.0461. The second-order valence-corrected chi connectivity index (χ2v) is 5.29. The van der Waals surface area contributed by atoms with Crippen molar-refractivity contribution in [3.8, 4) is 0 Å². The average Bonchev–Trinajstić information content (AvgIpc) is 3.06. The normalized spacial score (nSPS) is 15.3. The van der Waals surface area contributed by atoms with Crippen molar-refractivity contribution in [1.82, 2.24) is 0 Å². The molecule has 4 nitrogen and oxygen atoms in total. The summed E-state index contributed by atoms with van der Waals surface area (Å²) in [6.45, 7) is 3.52. The first-order valence-electron chi connectivity index (χ1n) is 7.70. The Bertz CT molecular complexity index is 659. The maximum atomic E-state index is 12.0. The lowest BCUT2D eigenvalue weighted by Crippen LogP contribution is -2.10. The van der Waals surface area contributed by atoms with Gasteiger partial charge in [0.25, 0.3) is 0 Å². The highest BCUT2D eigenvalue weighted by Crippen LogP contribution is 2.24. The van der Waals surface area contributed by atoms with Crippen LogP contribution in [0.1, 0.15) is 29.3 Å². The molecule has 0 saturated carbocycles. The quantitative estimate of drug-likeness (QED) is 0.795. The summed E-state index contributed by atoms with van der Waals surface area (Å²) in [5, 5.41) is 2.21. The van der Waals surface area contributed by atoms with Gasteiger partial charge >= 0.3 is 5.97 Å². The number of rotatable bonds is 5. The number of aryl methyl sites for hydroxylation is 1. The molecule has 2 aromatic rings. The van der Waals surface area contributed by atoms with E-state index >= 15 is 0 Å². The fourth-order valence-electron chi connectivity index (χ4n) is 2.78. The summed E-state index contributed by atoms with van der Waals surface area (Å²) in [6.07, 6.45) is 1.46. The van der Waals surface area contributed by atoms with Gasteiger partial charge in [0.15, 0.2) is 6.29 Å². The van der Waals surface area contributed by atoms with E-state index in [0.29, 0.717) is 25.4 Å². The van der Waals surface area contributed by atoms with Gasteiger partial charge in [-0.2, -0.15) is 0 Å². The van der Waals surface area contributed by atoms with Crippen LogP contribution in [0.2, 0.25) is 0 Å². The second-order valence-electron chi connectivity index (χ2n) is 5.29. The smallest absolute Gasteiger partial charge is 0.338 e. The van der Waals surface area contributed by atoms with E-state index in [9.17, 15) is 4.79 Å². The minimum Gasteiger partial charge on any atom is -0.462 e. The number of carbonyl (C=O) groups excluding carboxylic acids is 1. The van der Waals surface area contributed by atoms with Crippen LogP contribution in [0.4, 0.5) is 0 Å². The Kier molecular flexibility index (Phi) is 4.71. The first-order valence-corrected chi connectivity index (χ1v) is 7.70. The van der Waals surface area contributed by atoms with Crippen LogP contribution >= 0.6 is 0 Å². The van der Waals surface area contributed by atoms with Crippen LogP contribution < -0.4 is 0 Å². The summed E-state index contributed by atoms with van der Waals surface area (Å²) >= 11 is 0. The first-order chi connectivity index (χ1) is 10.8. The number of esters is 1. The van der Waals surface area contributed by atoms with Crippen molar-refractivity contribution in [2.45, 2.75) is 26.1 Å². The molecule has 1 aliphatic rings. The standard InChI is InChI=1S/C18H20O4/c1-2-20-18(19)15-11-13-5-3-4-6-16(13)14(12-15)7-8-17-21-9-10-22-17/h3-6,11-12,17H,2,7-10H2,1H3. The van der Waals surface area contributed by atoms with Crippen molar-refractivity contribution >= 4 is 16.7 Å². The van der Waals surface area contributed by atoms with E-state index < -0.39 is 0 Å². The molecule has 1 fully saturated rings. The maximum Gasteiger partial charge on any atom is 0.338 e. The number of ether oxygens (including phenoxy) is 3. The van der Waals surface area contributed by atoms with Crippen LogP contribution in [0.15, 0.2) is 36.4 Å². The lowest BCUT2D eigenvalue weighted by Gasteiger charge is -2.12. The van der Waals surface area contributed by atoms with E-state index in [1.807, 2.05) is 37.3 Å². The number of benzene rings is 2. The molecule has 0 atom stereocenters. The minimum absolute atomic E-state index is 0.134. The molecule has 2 aromatic carbocycles. The van der Waals surface area contributed by atoms with Crippen molar-refractivity contribution in [2.75, 3.05) is 19.8 Å². The Morgan fingerprint density at radius 1 is 1.23 bits per heavy atom. The van der Waals surface area contributed by atoms with Gasteiger partial charge in [0.2, 0.25) is 0 Å². The summed E-state index contributed by atoms with van der Waals surface area (Å²) < 4.78 is 16.1. The van der Waals surface area contributed by atoms with Gasteiger partial charge in [-0.1, -0.05) is 24.3 Å². The predicted octanol–water partition coefficient (Wildman–Crippen LogP) is 3.32. The molecule has 1 saturated heterocycles. The van der Waals surface area contributed by atoms with Gasteiger partial charge in [0.05, 0.1) is 25.4 Å². The third kappa shape index (κ3) is 3.29. The van der Waals surface area contributed by atoms with E-state index in [2.05, 4.69) is 6.07 Å². The van der Waals surface area contributed by atoms with Crippen molar-refractivity contribution in [1.29, 1.82) is 0 Å². The van der Waals surface area contributed by atoms with Gasteiger partial charge in [-0.3, -0.25) is 0 Å². The molecule has 116 valence electrons. The topological polar surface area (TPSA) is 44.8 Å². The summed E-state index contributed by atoms with van der Waals surface area (Å²) in [6, 6.07) is 11.9. The van der Waals surface area contributed by atoms with Gasteiger partial charge in [-0.15, -0.1) is 0 Å². The van der Waals surface area contributed by atoms with E-state index in [1.54, 1.807) is 0 Å².